The first-order valence-electron chi connectivity index (χ1n) is 11.1. The van der Waals surface area contributed by atoms with Crippen LogP contribution in [0, 0.1) is 0 Å². The lowest BCUT2D eigenvalue weighted by molar-refractivity contribution is -0.0826. The maximum Gasteiger partial charge on any atom is 0.243 e. The number of piperidine rings is 1. The maximum absolute atomic E-state index is 13.0. The van der Waals surface area contributed by atoms with Gasteiger partial charge in [0, 0.05) is 38.1 Å². The van der Waals surface area contributed by atoms with Gasteiger partial charge >= 0.3 is 0 Å². The van der Waals surface area contributed by atoms with Gasteiger partial charge < -0.3 is 4.74 Å². The van der Waals surface area contributed by atoms with Crippen molar-refractivity contribution < 1.29 is 13.2 Å². The van der Waals surface area contributed by atoms with Crippen molar-refractivity contribution in [2.45, 2.75) is 35.9 Å². The Labute approximate surface area is 189 Å². The van der Waals surface area contributed by atoms with E-state index < -0.39 is 10.0 Å². The van der Waals surface area contributed by atoms with E-state index >= 15 is 0 Å². The fourth-order valence-electron chi connectivity index (χ4n) is 4.77. The molecule has 5 rings (SSSR count). The quantitative estimate of drug-likeness (QED) is 0.574. The number of para-hydroxylation sites is 1. The standard InChI is InChI=1S/C25H27N3O3S/c29-32(30,23-9-5-2-6-10-23)27-17-13-21(14-18-27)28-19-24(31-22-7-3-1-4-8-22)25(28)20-11-15-26-16-12-20/h1-12,15-16,21,24-25H,13-14,17-19H2/t24-,25-/m0/s1. The summed E-state index contributed by atoms with van der Waals surface area (Å²) in [7, 11) is -3.44. The van der Waals surface area contributed by atoms with Crippen LogP contribution >= 0.6 is 0 Å². The van der Waals surface area contributed by atoms with E-state index in [2.05, 4.69) is 9.88 Å². The van der Waals surface area contributed by atoms with Crippen LogP contribution in [0.4, 0.5) is 0 Å². The number of benzene rings is 2. The molecule has 7 heteroatoms. The van der Waals surface area contributed by atoms with Gasteiger partial charge in [0.15, 0.2) is 0 Å². The Kier molecular flexibility index (Phi) is 5.95. The number of rotatable bonds is 6. The van der Waals surface area contributed by atoms with Crippen molar-refractivity contribution in [1.82, 2.24) is 14.2 Å². The fourth-order valence-corrected chi connectivity index (χ4v) is 6.26. The first kappa shape index (κ1) is 21.1. The average Bonchev–Trinajstić information content (AvgIpc) is 2.83. The van der Waals surface area contributed by atoms with E-state index in [1.165, 1.54) is 5.56 Å². The van der Waals surface area contributed by atoms with Gasteiger partial charge in [0.05, 0.1) is 10.9 Å². The van der Waals surface area contributed by atoms with Crippen LogP contribution < -0.4 is 4.74 Å². The highest BCUT2D eigenvalue weighted by molar-refractivity contribution is 7.89. The van der Waals surface area contributed by atoms with Crippen LogP contribution in [-0.2, 0) is 10.0 Å². The predicted molar refractivity (Wildman–Crippen MR) is 123 cm³/mol. The molecule has 1 aromatic heterocycles. The molecule has 0 radical (unpaired) electrons. The summed E-state index contributed by atoms with van der Waals surface area (Å²) in [6.45, 7) is 1.90. The number of hydrogen-bond acceptors (Lipinski definition) is 5. The third kappa shape index (κ3) is 4.16. The minimum Gasteiger partial charge on any atom is -0.487 e. The molecule has 2 saturated heterocycles. The molecule has 0 unspecified atom stereocenters. The summed E-state index contributed by atoms with van der Waals surface area (Å²) in [6, 6.07) is 23.2. The van der Waals surface area contributed by atoms with Gasteiger partial charge in [-0.1, -0.05) is 36.4 Å². The highest BCUT2D eigenvalue weighted by Crippen LogP contribution is 2.40. The Hall–Kier alpha value is -2.74. The Bertz CT molecular complexity index is 1120. The number of pyridine rings is 1. The van der Waals surface area contributed by atoms with Gasteiger partial charge in [-0.15, -0.1) is 0 Å². The summed E-state index contributed by atoms with van der Waals surface area (Å²) in [5, 5.41) is 0. The third-order valence-corrected chi connectivity index (χ3v) is 8.36. The topological polar surface area (TPSA) is 62.7 Å². The fraction of sp³-hybridized carbons (Fsp3) is 0.320. The van der Waals surface area contributed by atoms with E-state index in [0.29, 0.717) is 24.0 Å². The SMILES string of the molecule is O=S(=O)(c1ccccc1)N1CCC(N2C[C@H](Oc3ccccc3)[C@@H]2c2ccncc2)CC1. The normalized spacial score (nSPS) is 22.9. The molecule has 0 bridgehead atoms. The first-order valence-corrected chi connectivity index (χ1v) is 12.5. The van der Waals surface area contributed by atoms with E-state index in [4.69, 9.17) is 4.74 Å². The molecule has 0 amide bonds. The molecule has 166 valence electrons. The Balaban J connectivity index is 1.28. The number of nitrogens with zero attached hydrogens (tertiary/aromatic N) is 3. The third-order valence-electron chi connectivity index (χ3n) is 6.45. The zero-order valence-corrected chi connectivity index (χ0v) is 18.6. The van der Waals surface area contributed by atoms with E-state index in [9.17, 15) is 8.42 Å². The molecule has 0 N–H and O–H groups in total. The van der Waals surface area contributed by atoms with Gasteiger partial charge in [0.25, 0.3) is 0 Å². The van der Waals surface area contributed by atoms with Gasteiger partial charge in [0.1, 0.15) is 11.9 Å². The van der Waals surface area contributed by atoms with Crippen LogP contribution in [0.15, 0.2) is 90.1 Å². The second-order valence-corrected chi connectivity index (χ2v) is 10.3. The average molecular weight is 450 g/mol. The van der Waals surface area contributed by atoms with Crippen molar-refractivity contribution in [2.75, 3.05) is 19.6 Å². The number of ether oxygens (including phenoxy) is 1. The Morgan fingerprint density at radius 1 is 0.844 bits per heavy atom. The molecule has 0 spiro atoms. The predicted octanol–water partition coefficient (Wildman–Crippen LogP) is 3.74. The molecular weight excluding hydrogens is 422 g/mol. The zero-order chi connectivity index (χ0) is 22.0. The largest absolute Gasteiger partial charge is 0.487 e. The Morgan fingerprint density at radius 2 is 1.47 bits per heavy atom. The second kappa shape index (κ2) is 9.02. The van der Waals surface area contributed by atoms with Gasteiger partial charge in [-0.3, -0.25) is 9.88 Å². The van der Waals surface area contributed by atoms with Crippen molar-refractivity contribution in [1.29, 1.82) is 0 Å². The lowest BCUT2D eigenvalue weighted by Gasteiger charge is -2.53. The van der Waals surface area contributed by atoms with Crippen molar-refractivity contribution in [3.05, 3.63) is 90.8 Å². The van der Waals surface area contributed by atoms with Gasteiger partial charge in [0.2, 0.25) is 10.0 Å². The zero-order valence-electron chi connectivity index (χ0n) is 17.8. The lowest BCUT2D eigenvalue weighted by Crippen LogP contribution is -2.61. The van der Waals surface area contributed by atoms with Crippen LogP contribution in [0.3, 0.4) is 0 Å². The highest BCUT2D eigenvalue weighted by atomic mass is 32.2. The van der Waals surface area contributed by atoms with Crippen molar-refractivity contribution in [3.63, 3.8) is 0 Å². The van der Waals surface area contributed by atoms with E-state index in [0.717, 1.165) is 25.1 Å². The minimum absolute atomic E-state index is 0.0610. The summed E-state index contributed by atoms with van der Waals surface area (Å²) in [5.41, 5.74) is 1.19. The van der Waals surface area contributed by atoms with Crippen molar-refractivity contribution in [3.8, 4) is 5.75 Å². The van der Waals surface area contributed by atoms with Crippen molar-refractivity contribution >= 4 is 10.0 Å². The number of aromatic nitrogens is 1. The van der Waals surface area contributed by atoms with E-state index in [1.807, 2.05) is 60.9 Å². The molecule has 0 aliphatic carbocycles. The minimum atomic E-state index is -3.44. The van der Waals surface area contributed by atoms with Crippen LogP contribution in [-0.4, -0.2) is 54.4 Å². The summed E-state index contributed by atoms with van der Waals surface area (Å²) < 4.78 is 33.9. The molecule has 0 saturated carbocycles. The van der Waals surface area contributed by atoms with Crippen LogP contribution in [0.2, 0.25) is 0 Å². The van der Waals surface area contributed by atoms with Crippen LogP contribution in [0.1, 0.15) is 24.4 Å². The molecule has 3 heterocycles. The van der Waals surface area contributed by atoms with Crippen molar-refractivity contribution in [2.24, 2.45) is 0 Å². The maximum atomic E-state index is 13.0. The highest BCUT2D eigenvalue weighted by Gasteiger charge is 2.46. The van der Waals surface area contributed by atoms with E-state index in [-0.39, 0.29) is 12.1 Å². The number of sulfonamides is 1. The summed E-state index contributed by atoms with van der Waals surface area (Å²) in [6.07, 6.45) is 5.32. The molecule has 2 fully saturated rings. The summed E-state index contributed by atoms with van der Waals surface area (Å²) in [5.74, 6) is 0.875. The van der Waals surface area contributed by atoms with Gasteiger partial charge in [-0.25, -0.2) is 8.42 Å². The summed E-state index contributed by atoms with van der Waals surface area (Å²) in [4.78, 5) is 7.00. The molecule has 2 atom stereocenters. The molecule has 2 aliphatic rings. The summed E-state index contributed by atoms with van der Waals surface area (Å²) >= 11 is 0. The number of likely N-dealkylation sites (tertiary alicyclic amines) is 1. The molecule has 2 aromatic carbocycles. The van der Waals surface area contributed by atoms with Gasteiger partial charge in [-0.2, -0.15) is 4.31 Å². The lowest BCUT2D eigenvalue weighted by atomic mass is 9.87. The van der Waals surface area contributed by atoms with Crippen LogP contribution in [0.5, 0.6) is 5.75 Å². The first-order chi connectivity index (χ1) is 15.6. The number of hydrogen-bond donors (Lipinski definition) is 0. The van der Waals surface area contributed by atoms with Crippen LogP contribution in [0.25, 0.3) is 0 Å². The molecule has 3 aromatic rings. The molecule has 2 aliphatic heterocycles. The molecule has 32 heavy (non-hydrogen) atoms. The molecular formula is C25H27N3O3S. The Morgan fingerprint density at radius 3 is 2.12 bits per heavy atom. The monoisotopic (exact) mass is 449 g/mol. The smallest absolute Gasteiger partial charge is 0.243 e. The molecule has 6 nitrogen and oxygen atoms in total. The second-order valence-electron chi connectivity index (χ2n) is 8.34. The van der Waals surface area contributed by atoms with Gasteiger partial charge in [-0.05, 0) is 54.8 Å². The van der Waals surface area contributed by atoms with E-state index in [1.54, 1.807) is 28.6 Å².